The number of ether oxygens (including phenoxy) is 1. The first-order chi connectivity index (χ1) is 7.60. The van der Waals surface area contributed by atoms with E-state index in [1.165, 1.54) is 32.1 Å². The summed E-state index contributed by atoms with van der Waals surface area (Å²) in [5.74, 6) is 0. The van der Waals surface area contributed by atoms with Gasteiger partial charge in [0, 0.05) is 13.2 Å². The second kappa shape index (κ2) is 9.00. The predicted octanol–water partition coefficient (Wildman–Crippen LogP) is 3.61. The second-order valence-electron chi connectivity index (χ2n) is 5.16. The highest BCUT2D eigenvalue weighted by Crippen LogP contribution is 2.32. The van der Waals surface area contributed by atoms with Crippen molar-refractivity contribution >= 4 is 0 Å². The van der Waals surface area contributed by atoms with E-state index in [4.69, 9.17) is 4.74 Å². The minimum atomic E-state index is 0.357. The molecule has 1 unspecified atom stereocenters. The molecule has 0 radical (unpaired) electrons. The van der Waals surface area contributed by atoms with Crippen LogP contribution in [0.4, 0.5) is 0 Å². The van der Waals surface area contributed by atoms with Crippen LogP contribution in [0.15, 0.2) is 0 Å². The summed E-state index contributed by atoms with van der Waals surface area (Å²) in [5, 5.41) is 3.35. The van der Waals surface area contributed by atoms with Crippen LogP contribution in [0.3, 0.4) is 0 Å². The van der Waals surface area contributed by atoms with Gasteiger partial charge in [-0.15, -0.1) is 0 Å². The second-order valence-corrected chi connectivity index (χ2v) is 5.16. The Labute approximate surface area is 102 Å². The van der Waals surface area contributed by atoms with Gasteiger partial charge in [0.25, 0.3) is 0 Å². The summed E-state index contributed by atoms with van der Waals surface area (Å²) in [4.78, 5) is 0. The minimum Gasteiger partial charge on any atom is -0.379 e. The highest BCUT2D eigenvalue weighted by atomic mass is 16.5. The van der Waals surface area contributed by atoms with Gasteiger partial charge in [0.15, 0.2) is 0 Å². The first-order valence-electron chi connectivity index (χ1n) is 6.86. The average Bonchev–Trinajstić information content (AvgIpc) is 2.25. The van der Waals surface area contributed by atoms with Crippen molar-refractivity contribution in [3.05, 3.63) is 0 Å². The molecule has 1 atom stereocenters. The Morgan fingerprint density at radius 1 is 1.19 bits per heavy atom. The third kappa shape index (κ3) is 6.49. The molecule has 0 aliphatic heterocycles. The standard InChI is InChI=1S/C14H31NO/c1-6-8-9-14(7-2,12-15-5)10-11-16-13(3)4/h13,15H,6-12H2,1-5H3. The lowest BCUT2D eigenvalue weighted by atomic mass is 9.77. The maximum atomic E-state index is 5.70. The molecule has 2 nitrogen and oxygen atoms in total. The molecule has 0 heterocycles. The number of hydrogen-bond acceptors (Lipinski definition) is 2. The molecule has 1 N–H and O–H groups in total. The largest absolute Gasteiger partial charge is 0.379 e. The van der Waals surface area contributed by atoms with Crippen LogP contribution in [0.1, 0.15) is 59.8 Å². The van der Waals surface area contributed by atoms with E-state index in [9.17, 15) is 0 Å². The summed E-state index contributed by atoms with van der Waals surface area (Å²) in [7, 11) is 2.06. The third-order valence-corrected chi connectivity index (χ3v) is 3.45. The van der Waals surface area contributed by atoms with Crippen molar-refractivity contribution in [3.8, 4) is 0 Å². The summed E-state index contributed by atoms with van der Waals surface area (Å²) < 4.78 is 5.70. The molecule has 0 amide bonds. The zero-order valence-electron chi connectivity index (χ0n) is 11.9. The molecule has 0 aromatic rings. The topological polar surface area (TPSA) is 21.3 Å². The maximum absolute atomic E-state index is 5.70. The summed E-state index contributed by atoms with van der Waals surface area (Å²) in [5.41, 5.74) is 0.444. The highest BCUT2D eigenvalue weighted by Gasteiger charge is 2.26. The molecule has 0 saturated heterocycles. The van der Waals surface area contributed by atoms with Crippen LogP contribution >= 0.6 is 0 Å². The lowest BCUT2D eigenvalue weighted by Gasteiger charge is -2.33. The van der Waals surface area contributed by atoms with E-state index in [0.717, 1.165) is 13.2 Å². The Balaban J connectivity index is 4.14. The maximum Gasteiger partial charge on any atom is 0.0518 e. The first-order valence-corrected chi connectivity index (χ1v) is 6.86. The van der Waals surface area contributed by atoms with Crippen LogP contribution in [0, 0.1) is 5.41 Å². The molecule has 98 valence electrons. The number of unbranched alkanes of at least 4 members (excludes halogenated alkanes) is 1. The first kappa shape index (κ1) is 15.9. The number of rotatable bonds is 10. The van der Waals surface area contributed by atoms with Crippen LogP contribution in [0.25, 0.3) is 0 Å². The van der Waals surface area contributed by atoms with Gasteiger partial charge in [-0.1, -0.05) is 26.7 Å². The molecule has 2 heteroatoms. The molecule has 0 saturated carbocycles. The fourth-order valence-electron chi connectivity index (χ4n) is 2.22. The molecule has 16 heavy (non-hydrogen) atoms. The van der Waals surface area contributed by atoms with Crippen LogP contribution < -0.4 is 5.32 Å². The molecule has 0 aromatic heterocycles. The lowest BCUT2D eigenvalue weighted by Crippen LogP contribution is -2.33. The lowest BCUT2D eigenvalue weighted by molar-refractivity contribution is 0.0464. The molecule has 0 aromatic carbocycles. The summed E-state index contributed by atoms with van der Waals surface area (Å²) >= 11 is 0. The Bertz CT molecular complexity index is 159. The Morgan fingerprint density at radius 3 is 2.31 bits per heavy atom. The van der Waals surface area contributed by atoms with E-state index in [1.807, 2.05) is 0 Å². The Hall–Kier alpha value is -0.0800. The van der Waals surface area contributed by atoms with Crippen LogP contribution in [-0.4, -0.2) is 26.3 Å². The predicted molar refractivity (Wildman–Crippen MR) is 71.9 cm³/mol. The Morgan fingerprint density at radius 2 is 1.88 bits per heavy atom. The van der Waals surface area contributed by atoms with Crippen LogP contribution in [0.5, 0.6) is 0 Å². The quantitative estimate of drug-likeness (QED) is 0.618. The monoisotopic (exact) mass is 229 g/mol. The van der Waals surface area contributed by atoms with Gasteiger partial charge in [-0.2, -0.15) is 0 Å². The van der Waals surface area contributed by atoms with Gasteiger partial charge in [-0.25, -0.2) is 0 Å². The summed E-state index contributed by atoms with van der Waals surface area (Å²) in [6, 6.07) is 0. The van der Waals surface area contributed by atoms with Gasteiger partial charge in [-0.05, 0) is 45.6 Å². The Kier molecular flexibility index (Phi) is 8.96. The smallest absolute Gasteiger partial charge is 0.0518 e. The summed E-state index contributed by atoms with van der Waals surface area (Å²) in [6.07, 6.45) is 6.73. The molecular weight excluding hydrogens is 198 g/mol. The third-order valence-electron chi connectivity index (χ3n) is 3.45. The van der Waals surface area contributed by atoms with Crippen molar-refractivity contribution in [2.45, 2.75) is 65.9 Å². The van der Waals surface area contributed by atoms with E-state index >= 15 is 0 Å². The molecule has 0 bridgehead atoms. The highest BCUT2D eigenvalue weighted by molar-refractivity contribution is 4.80. The van der Waals surface area contributed by atoms with Gasteiger partial charge in [-0.3, -0.25) is 0 Å². The zero-order valence-corrected chi connectivity index (χ0v) is 11.9. The van der Waals surface area contributed by atoms with Gasteiger partial charge < -0.3 is 10.1 Å². The summed E-state index contributed by atoms with van der Waals surface area (Å²) in [6.45, 7) is 10.8. The molecular formula is C14H31NO. The molecule has 0 spiro atoms. The van der Waals surface area contributed by atoms with E-state index in [2.05, 4.69) is 40.1 Å². The van der Waals surface area contributed by atoms with Crippen molar-refractivity contribution in [2.75, 3.05) is 20.2 Å². The van der Waals surface area contributed by atoms with E-state index < -0.39 is 0 Å². The van der Waals surface area contributed by atoms with Gasteiger partial charge in [0.05, 0.1) is 6.10 Å². The van der Waals surface area contributed by atoms with Crippen molar-refractivity contribution in [3.63, 3.8) is 0 Å². The van der Waals surface area contributed by atoms with Crippen molar-refractivity contribution < 1.29 is 4.74 Å². The zero-order chi connectivity index (χ0) is 12.4. The van der Waals surface area contributed by atoms with E-state index in [-0.39, 0.29) is 0 Å². The fourth-order valence-corrected chi connectivity index (χ4v) is 2.22. The van der Waals surface area contributed by atoms with Crippen molar-refractivity contribution in [2.24, 2.45) is 5.41 Å². The molecule has 0 aliphatic carbocycles. The molecule has 0 fully saturated rings. The van der Waals surface area contributed by atoms with Gasteiger partial charge in [0.1, 0.15) is 0 Å². The fraction of sp³-hybridized carbons (Fsp3) is 1.00. The average molecular weight is 229 g/mol. The number of hydrogen-bond donors (Lipinski definition) is 1. The van der Waals surface area contributed by atoms with Gasteiger partial charge in [0.2, 0.25) is 0 Å². The normalized spacial score (nSPS) is 15.4. The van der Waals surface area contributed by atoms with E-state index in [0.29, 0.717) is 11.5 Å². The van der Waals surface area contributed by atoms with Gasteiger partial charge >= 0.3 is 0 Å². The molecule has 0 aliphatic rings. The van der Waals surface area contributed by atoms with Crippen LogP contribution in [0.2, 0.25) is 0 Å². The van der Waals surface area contributed by atoms with Crippen molar-refractivity contribution in [1.82, 2.24) is 5.32 Å². The minimum absolute atomic E-state index is 0.357. The number of nitrogens with one attached hydrogen (secondary N) is 1. The van der Waals surface area contributed by atoms with Crippen LogP contribution in [-0.2, 0) is 4.74 Å². The molecule has 0 rings (SSSR count). The van der Waals surface area contributed by atoms with Crippen molar-refractivity contribution in [1.29, 1.82) is 0 Å². The van der Waals surface area contributed by atoms with E-state index in [1.54, 1.807) is 0 Å². The SMILES string of the molecule is CCCCC(CC)(CCOC(C)C)CNC.